The molecule has 1 aliphatic heterocycles. The average molecular weight is 510 g/mol. The number of nitrogens with zero attached hydrogens (tertiary/aromatic N) is 1. The van der Waals surface area contributed by atoms with Crippen LogP contribution in [0.2, 0.25) is 0 Å². The number of hydrogen-bond donors (Lipinski definition) is 2. The molecule has 1 unspecified atom stereocenters. The Morgan fingerprint density at radius 1 is 0.919 bits per heavy atom. The van der Waals surface area contributed by atoms with Gasteiger partial charge in [-0.15, -0.1) is 0 Å². The maximum atomic E-state index is 13.4. The van der Waals surface area contributed by atoms with Gasteiger partial charge in [-0.05, 0) is 67.6 Å². The van der Waals surface area contributed by atoms with Crippen LogP contribution in [0.1, 0.15) is 64.6 Å². The summed E-state index contributed by atoms with van der Waals surface area (Å²) in [6.45, 7) is 5.73. The predicted octanol–water partition coefficient (Wildman–Crippen LogP) is 6.69. The van der Waals surface area contributed by atoms with E-state index in [1.165, 1.54) is 12.1 Å². The molecule has 0 aliphatic carbocycles. The van der Waals surface area contributed by atoms with E-state index in [0.29, 0.717) is 17.2 Å². The van der Waals surface area contributed by atoms with Gasteiger partial charge < -0.3 is 15.5 Å². The zero-order chi connectivity index (χ0) is 26.6. The number of amides is 2. The standard InChI is InChI=1S/C29H30F3N3O2/c1-19-13-15-35(16-14-19)26-12-11-24(34-27(36)22-9-6-10-23(17-22)29(30,31)32)18-25(26)28(37)33-20(2)21-7-4-3-5-8-21/h3-12,17-20H,13-16H2,1-2H3,(H,33,37)(H,34,36). The number of alkyl halides is 3. The molecule has 0 bridgehead atoms. The lowest BCUT2D eigenvalue weighted by Crippen LogP contribution is -2.35. The lowest BCUT2D eigenvalue weighted by atomic mass is 9.97. The van der Waals surface area contributed by atoms with Crippen molar-refractivity contribution in [2.75, 3.05) is 23.3 Å². The number of anilines is 2. The maximum Gasteiger partial charge on any atom is 0.416 e. The molecule has 3 aromatic carbocycles. The van der Waals surface area contributed by atoms with Crippen molar-refractivity contribution in [2.45, 2.75) is 38.9 Å². The normalized spacial score (nSPS) is 15.2. The number of piperidine rings is 1. The van der Waals surface area contributed by atoms with Gasteiger partial charge in [-0.25, -0.2) is 0 Å². The van der Waals surface area contributed by atoms with Gasteiger partial charge in [0.15, 0.2) is 0 Å². The molecule has 4 rings (SSSR count). The minimum Gasteiger partial charge on any atom is -0.371 e. The van der Waals surface area contributed by atoms with E-state index >= 15 is 0 Å². The second-order valence-electron chi connectivity index (χ2n) is 9.54. The van der Waals surface area contributed by atoms with E-state index in [0.717, 1.165) is 49.3 Å². The van der Waals surface area contributed by atoms with Gasteiger partial charge in [0.1, 0.15) is 0 Å². The quantitative estimate of drug-likeness (QED) is 0.389. The number of rotatable bonds is 6. The van der Waals surface area contributed by atoms with Crippen LogP contribution in [0.15, 0.2) is 72.8 Å². The topological polar surface area (TPSA) is 61.4 Å². The zero-order valence-electron chi connectivity index (χ0n) is 20.8. The molecular weight excluding hydrogens is 479 g/mol. The lowest BCUT2D eigenvalue weighted by Gasteiger charge is -2.33. The number of carbonyl (C=O) groups excluding carboxylic acids is 2. The first-order chi connectivity index (χ1) is 17.6. The Morgan fingerprint density at radius 2 is 1.62 bits per heavy atom. The van der Waals surface area contributed by atoms with E-state index in [1.54, 1.807) is 18.2 Å². The Labute approximate surface area is 214 Å². The van der Waals surface area contributed by atoms with Crippen LogP contribution in [-0.2, 0) is 6.18 Å². The highest BCUT2D eigenvalue weighted by Crippen LogP contribution is 2.31. The van der Waals surface area contributed by atoms with Gasteiger partial charge in [-0.3, -0.25) is 9.59 Å². The molecule has 0 radical (unpaired) electrons. The smallest absolute Gasteiger partial charge is 0.371 e. The molecule has 194 valence electrons. The van der Waals surface area contributed by atoms with Crippen LogP contribution >= 0.6 is 0 Å². The predicted molar refractivity (Wildman–Crippen MR) is 139 cm³/mol. The molecule has 0 aromatic heterocycles. The highest BCUT2D eigenvalue weighted by atomic mass is 19.4. The summed E-state index contributed by atoms with van der Waals surface area (Å²) in [6.07, 6.45) is -2.53. The van der Waals surface area contributed by atoms with Crippen molar-refractivity contribution in [1.82, 2.24) is 5.32 Å². The molecule has 2 amide bonds. The van der Waals surface area contributed by atoms with Gasteiger partial charge in [0, 0.05) is 30.0 Å². The molecule has 8 heteroatoms. The van der Waals surface area contributed by atoms with Crippen molar-refractivity contribution in [3.05, 3.63) is 95.1 Å². The van der Waals surface area contributed by atoms with E-state index in [4.69, 9.17) is 0 Å². The Kier molecular flexibility index (Phi) is 7.86. The fourth-order valence-corrected chi connectivity index (χ4v) is 4.46. The Balaban J connectivity index is 1.60. The zero-order valence-corrected chi connectivity index (χ0v) is 20.8. The number of nitrogens with one attached hydrogen (secondary N) is 2. The van der Waals surface area contributed by atoms with Crippen molar-refractivity contribution in [3.63, 3.8) is 0 Å². The average Bonchev–Trinajstić information content (AvgIpc) is 2.89. The third kappa shape index (κ3) is 6.50. The monoisotopic (exact) mass is 509 g/mol. The molecule has 0 saturated carbocycles. The SMILES string of the molecule is CC1CCN(c2ccc(NC(=O)c3cccc(C(F)(F)F)c3)cc2C(=O)NC(C)c2ccccc2)CC1. The number of benzene rings is 3. The Bertz CT molecular complexity index is 1250. The summed E-state index contributed by atoms with van der Waals surface area (Å²) >= 11 is 0. The molecule has 1 saturated heterocycles. The highest BCUT2D eigenvalue weighted by Gasteiger charge is 2.31. The summed E-state index contributed by atoms with van der Waals surface area (Å²) in [5, 5.41) is 5.68. The van der Waals surface area contributed by atoms with E-state index < -0.39 is 17.6 Å². The lowest BCUT2D eigenvalue weighted by molar-refractivity contribution is -0.137. The highest BCUT2D eigenvalue weighted by molar-refractivity contribution is 6.06. The first kappa shape index (κ1) is 26.3. The molecule has 5 nitrogen and oxygen atoms in total. The van der Waals surface area contributed by atoms with E-state index in [-0.39, 0.29) is 17.5 Å². The van der Waals surface area contributed by atoms with Crippen molar-refractivity contribution >= 4 is 23.2 Å². The van der Waals surface area contributed by atoms with Crippen LogP contribution in [0.5, 0.6) is 0 Å². The summed E-state index contributed by atoms with van der Waals surface area (Å²) in [5.74, 6) is -0.368. The Hall–Kier alpha value is -3.81. The molecule has 1 fully saturated rings. The first-order valence-corrected chi connectivity index (χ1v) is 12.3. The molecule has 2 N–H and O–H groups in total. The van der Waals surface area contributed by atoms with Gasteiger partial charge in [0.25, 0.3) is 11.8 Å². The summed E-state index contributed by atoms with van der Waals surface area (Å²) in [4.78, 5) is 28.4. The summed E-state index contributed by atoms with van der Waals surface area (Å²) < 4.78 is 39.3. The van der Waals surface area contributed by atoms with E-state index in [9.17, 15) is 22.8 Å². The van der Waals surface area contributed by atoms with Crippen molar-refractivity contribution < 1.29 is 22.8 Å². The van der Waals surface area contributed by atoms with Gasteiger partial charge in [-0.1, -0.05) is 43.3 Å². The van der Waals surface area contributed by atoms with Gasteiger partial charge in [0.2, 0.25) is 0 Å². The molecule has 1 heterocycles. The molecule has 0 spiro atoms. The van der Waals surface area contributed by atoms with Gasteiger partial charge >= 0.3 is 6.18 Å². The maximum absolute atomic E-state index is 13.4. The minimum absolute atomic E-state index is 0.118. The van der Waals surface area contributed by atoms with Gasteiger partial charge in [-0.2, -0.15) is 13.2 Å². The number of hydrogen-bond acceptors (Lipinski definition) is 3. The largest absolute Gasteiger partial charge is 0.416 e. The van der Waals surface area contributed by atoms with Gasteiger partial charge in [0.05, 0.1) is 17.2 Å². The van der Waals surface area contributed by atoms with Crippen LogP contribution in [0.25, 0.3) is 0 Å². The fourth-order valence-electron chi connectivity index (χ4n) is 4.46. The van der Waals surface area contributed by atoms with Crippen molar-refractivity contribution in [1.29, 1.82) is 0 Å². The third-order valence-corrected chi connectivity index (χ3v) is 6.72. The fraction of sp³-hybridized carbons (Fsp3) is 0.310. The van der Waals surface area contributed by atoms with Crippen LogP contribution < -0.4 is 15.5 Å². The number of halogens is 3. The Morgan fingerprint density at radius 3 is 2.30 bits per heavy atom. The first-order valence-electron chi connectivity index (χ1n) is 12.3. The second-order valence-corrected chi connectivity index (χ2v) is 9.54. The number of carbonyl (C=O) groups is 2. The summed E-state index contributed by atoms with van der Waals surface area (Å²) in [5.41, 5.74) is 1.44. The molecular formula is C29H30F3N3O2. The van der Waals surface area contributed by atoms with Crippen LogP contribution in [0.4, 0.5) is 24.5 Å². The van der Waals surface area contributed by atoms with Crippen molar-refractivity contribution in [2.24, 2.45) is 5.92 Å². The summed E-state index contributed by atoms with van der Waals surface area (Å²) in [7, 11) is 0. The third-order valence-electron chi connectivity index (χ3n) is 6.72. The molecule has 37 heavy (non-hydrogen) atoms. The second kappa shape index (κ2) is 11.1. The van der Waals surface area contributed by atoms with E-state index in [2.05, 4.69) is 22.5 Å². The molecule has 1 aliphatic rings. The van der Waals surface area contributed by atoms with E-state index in [1.807, 2.05) is 37.3 Å². The van der Waals surface area contributed by atoms with Crippen molar-refractivity contribution in [3.8, 4) is 0 Å². The van der Waals surface area contributed by atoms with Crippen LogP contribution in [0, 0.1) is 5.92 Å². The van der Waals surface area contributed by atoms with Crippen LogP contribution in [-0.4, -0.2) is 24.9 Å². The van der Waals surface area contributed by atoms with Crippen LogP contribution in [0.3, 0.4) is 0 Å². The minimum atomic E-state index is -4.55. The summed E-state index contributed by atoms with van der Waals surface area (Å²) in [6, 6.07) is 18.6. The molecule has 3 aromatic rings. The molecule has 1 atom stereocenters.